The molecule has 0 atom stereocenters. The molecule has 0 radical (unpaired) electrons. The highest BCUT2D eigenvalue weighted by molar-refractivity contribution is 8.00. The number of ketones is 1. The summed E-state index contributed by atoms with van der Waals surface area (Å²) in [6, 6.07) is 8.62. The third kappa shape index (κ3) is 4.19. The lowest BCUT2D eigenvalue weighted by Gasteiger charge is -2.07. The van der Waals surface area contributed by atoms with E-state index in [2.05, 4.69) is 11.6 Å². The molecule has 0 fully saturated rings. The summed E-state index contributed by atoms with van der Waals surface area (Å²) < 4.78 is 36.7. The van der Waals surface area contributed by atoms with Crippen LogP contribution in [0.4, 0.5) is 13.2 Å². The van der Waals surface area contributed by atoms with E-state index in [-0.39, 0.29) is 33.6 Å². The van der Waals surface area contributed by atoms with Crippen LogP contribution in [0, 0.1) is 0 Å². The highest BCUT2D eigenvalue weighted by atomic mass is 32.2. The first-order valence-electron chi connectivity index (χ1n) is 5.86. The first-order valence-corrected chi connectivity index (χ1v) is 6.68. The molecule has 0 saturated heterocycles. The number of benzene rings is 1. The van der Waals surface area contributed by atoms with Crippen molar-refractivity contribution in [1.29, 1.82) is 0 Å². The quantitative estimate of drug-likeness (QED) is 0.470. The molecule has 2 aromatic rings. The second kappa shape index (κ2) is 6.13. The summed E-state index contributed by atoms with van der Waals surface area (Å²) in [7, 11) is 0. The highest BCUT2D eigenvalue weighted by Crippen LogP contribution is 2.36. The predicted molar refractivity (Wildman–Crippen MR) is 76.0 cm³/mol. The van der Waals surface area contributed by atoms with Crippen LogP contribution in [-0.2, 0) is 0 Å². The van der Waals surface area contributed by atoms with Gasteiger partial charge in [0.15, 0.2) is 5.78 Å². The number of alkyl halides is 3. The topological polar surface area (TPSA) is 30.0 Å². The van der Waals surface area contributed by atoms with E-state index in [4.69, 9.17) is 0 Å². The van der Waals surface area contributed by atoms with Crippen molar-refractivity contribution in [3.05, 3.63) is 66.5 Å². The first-order chi connectivity index (χ1) is 9.87. The molecule has 2 rings (SSSR count). The molecular formula is C15H10F3NOS. The number of pyridine rings is 1. The lowest BCUT2D eigenvalue weighted by molar-refractivity contribution is -0.0328. The van der Waals surface area contributed by atoms with Crippen molar-refractivity contribution in [3.63, 3.8) is 0 Å². The Hall–Kier alpha value is -2.08. The molecule has 108 valence electrons. The second-order valence-corrected chi connectivity index (χ2v) is 5.26. The van der Waals surface area contributed by atoms with E-state index in [0.717, 1.165) is 0 Å². The average molecular weight is 309 g/mol. The highest BCUT2D eigenvalue weighted by Gasteiger charge is 2.29. The van der Waals surface area contributed by atoms with Gasteiger partial charge >= 0.3 is 5.51 Å². The summed E-state index contributed by atoms with van der Waals surface area (Å²) in [5, 5.41) is 0. The van der Waals surface area contributed by atoms with Gasteiger partial charge in [-0.05, 0) is 42.1 Å². The minimum absolute atomic E-state index is 0.0334. The maximum atomic E-state index is 12.2. The van der Waals surface area contributed by atoms with Crippen LogP contribution in [0.15, 0.2) is 60.3 Å². The van der Waals surface area contributed by atoms with E-state index in [9.17, 15) is 18.0 Å². The van der Waals surface area contributed by atoms with Gasteiger partial charge in [0.2, 0.25) is 0 Å². The Morgan fingerprint density at radius 2 is 1.76 bits per heavy atom. The monoisotopic (exact) mass is 309 g/mol. The summed E-state index contributed by atoms with van der Waals surface area (Å²) in [6.07, 6.45) is 3.08. The van der Waals surface area contributed by atoms with Gasteiger partial charge in [0, 0.05) is 34.0 Å². The minimum atomic E-state index is -4.34. The molecule has 1 aromatic carbocycles. The number of halogens is 3. The largest absolute Gasteiger partial charge is 0.446 e. The molecular weight excluding hydrogens is 299 g/mol. The van der Waals surface area contributed by atoms with Crippen LogP contribution in [0.25, 0.3) is 5.57 Å². The molecule has 0 aliphatic heterocycles. The zero-order valence-electron chi connectivity index (χ0n) is 10.7. The van der Waals surface area contributed by atoms with E-state index < -0.39 is 5.51 Å². The summed E-state index contributed by atoms with van der Waals surface area (Å²) in [5.74, 6) is -0.341. The van der Waals surface area contributed by atoms with Crippen LogP contribution in [0.3, 0.4) is 0 Å². The van der Waals surface area contributed by atoms with Gasteiger partial charge in [0.25, 0.3) is 0 Å². The van der Waals surface area contributed by atoms with Crippen LogP contribution in [-0.4, -0.2) is 16.3 Å². The van der Waals surface area contributed by atoms with Crippen molar-refractivity contribution in [3.8, 4) is 0 Å². The Morgan fingerprint density at radius 3 is 2.29 bits per heavy atom. The van der Waals surface area contributed by atoms with Crippen molar-refractivity contribution in [2.45, 2.75) is 10.4 Å². The predicted octanol–water partition coefficient (Wildman–Crippen LogP) is 4.59. The molecule has 0 unspecified atom stereocenters. The van der Waals surface area contributed by atoms with Gasteiger partial charge in [0.05, 0.1) is 0 Å². The Bertz CT molecular complexity index is 651. The molecule has 21 heavy (non-hydrogen) atoms. The standard InChI is InChI=1S/C15H10F3NOS/c1-10(12-3-2-8-19-9-12)14(20)11-4-6-13(7-5-11)21-15(16,17)18/h2-9H,1H2. The molecule has 0 N–H and O–H groups in total. The fraction of sp³-hybridized carbons (Fsp3) is 0.0667. The van der Waals surface area contributed by atoms with Gasteiger partial charge in [-0.15, -0.1) is 0 Å². The fourth-order valence-electron chi connectivity index (χ4n) is 1.65. The van der Waals surface area contributed by atoms with E-state index >= 15 is 0 Å². The molecule has 1 aromatic heterocycles. The van der Waals surface area contributed by atoms with Gasteiger partial charge in [-0.25, -0.2) is 0 Å². The van der Waals surface area contributed by atoms with Crippen LogP contribution in [0.1, 0.15) is 15.9 Å². The first kappa shape index (κ1) is 15.3. The molecule has 0 aliphatic carbocycles. The molecule has 2 nitrogen and oxygen atoms in total. The normalized spacial score (nSPS) is 11.2. The van der Waals surface area contributed by atoms with Gasteiger partial charge in [-0.1, -0.05) is 12.6 Å². The van der Waals surface area contributed by atoms with Crippen LogP contribution < -0.4 is 0 Å². The molecule has 0 spiro atoms. The Morgan fingerprint density at radius 1 is 1.10 bits per heavy atom. The maximum Gasteiger partial charge on any atom is 0.446 e. The Labute approximate surface area is 123 Å². The lowest BCUT2D eigenvalue weighted by Crippen LogP contribution is -2.03. The molecule has 0 aliphatic rings. The SMILES string of the molecule is C=C(C(=O)c1ccc(SC(F)(F)F)cc1)c1cccnc1. The van der Waals surface area contributed by atoms with Gasteiger partial charge in [0.1, 0.15) is 0 Å². The van der Waals surface area contributed by atoms with Gasteiger partial charge in [-0.2, -0.15) is 13.2 Å². The zero-order chi connectivity index (χ0) is 15.5. The van der Waals surface area contributed by atoms with Crippen molar-refractivity contribution >= 4 is 23.1 Å². The number of allylic oxidation sites excluding steroid dienone is 1. The summed E-state index contributed by atoms with van der Waals surface area (Å²) in [5.41, 5.74) is -3.23. The van der Waals surface area contributed by atoms with Crippen molar-refractivity contribution < 1.29 is 18.0 Å². The molecule has 0 amide bonds. The zero-order valence-corrected chi connectivity index (χ0v) is 11.5. The number of nitrogens with zero attached hydrogens (tertiary/aromatic N) is 1. The second-order valence-electron chi connectivity index (χ2n) is 4.12. The summed E-state index contributed by atoms with van der Waals surface area (Å²) in [6.45, 7) is 3.71. The molecule has 6 heteroatoms. The third-order valence-electron chi connectivity index (χ3n) is 2.63. The third-order valence-corrected chi connectivity index (χ3v) is 3.37. The smallest absolute Gasteiger partial charge is 0.289 e. The number of hydrogen-bond acceptors (Lipinski definition) is 3. The van der Waals surface area contributed by atoms with E-state index in [1.165, 1.54) is 30.5 Å². The number of carbonyl (C=O) groups excluding carboxylic acids is 1. The van der Waals surface area contributed by atoms with E-state index in [1.54, 1.807) is 18.3 Å². The minimum Gasteiger partial charge on any atom is -0.289 e. The summed E-state index contributed by atoms with van der Waals surface area (Å²) >= 11 is -0.218. The molecule has 1 heterocycles. The van der Waals surface area contributed by atoms with Crippen molar-refractivity contribution in [1.82, 2.24) is 4.98 Å². The van der Waals surface area contributed by atoms with E-state index in [1.807, 2.05) is 0 Å². The number of thioether (sulfide) groups is 1. The molecule has 0 bridgehead atoms. The lowest BCUT2D eigenvalue weighted by atomic mass is 10.00. The Kier molecular flexibility index (Phi) is 4.47. The Balaban J connectivity index is 2.15. The van der Waals surface area contributed by atoms with Crippen molar-refractivity contribution in [2.24, 2.45) is 0 Å². The van der Waals surface area contributed by atoms with Crippen molar-refractivity contribution in [2.75, 3.05) is 0 Å². The number of Topliss-reactive ketones (excluding diaryl/α,β-unsaturated/α-hetero) is 1. The number of aromatic nitrogens is 1. The summed E-state index contributed by atoms with van der Waals surface area (Å²) in [4.78, 5) is 16.1. The number of carbonyl (C=O) groups is 1. The number of hydrogen-bond donors (Lipinski definition) is 0. The molecule has 0 saturated carbocycles. The van der Waals surface area contributed by atoms with Gasteiger partial charge in [-0.3, -0.25) is 9.78 Å². The van der Waals surface area contributed by atoms with Crippen LogP contribution in [0.5, 0.6) is 0 Å². The van der Waals surface area contributed by atoms with E-state index in [0.29, 0.717) is 5.56 Å². The fourth-order valence-corrected chi connectivity index (χ4v) is 2.19. The average Bonchev–Trinajstić information content (AvgIpc) is 2.46. The van der Waals surface area contributed by atoms with Gasteiger partial charge < -0.3 is 0 Å². The van der Waals surface area contributed by atoms with Crippen LogP contribution >= 0.6 is 11.8 Å². The number of rotatable bonds is 4. The van der Waals surface area contributed by atoms with Crippen LogP contribution in [0.2, 0.25) is 0 Å². The maximum absolute atomic E-state index is 12.2.